The third-order valence-electron chi connectivity index (χ3n) is 3.12. The summed E-state index contributed by atoms with van der Waals surface area (Å²) in [5.41, 5.74) is 7.35. The molecule has 1 fully saturated rings. The van der Waals surface area contributed by atoms with Crippen molar-refractivity contribution in [2.45, 2.75) is 35.6 Å². The standard InChI is InChI=1S/C10H17BrN4S2/c1-5-6(2)17-7(4-16-5)8(12)9-10(11)13-14-15(9)3/h5-8H,4,12H2,1-3H3. The number of nitrogens with two attached hydrogens (primary N) is 1. The van der Waals surface area contributed by atoms with E-state index in [0.29, 0.717) is 15.7 Å². The normalized spacial score (nSPS) is 31.5. The molecule has 1 aliphatic rings. The van der Waals surface area contributed by atoms with Crippen LogP contribution in [0.25, 0.3) is 0 Å². The molecule has 0 spiro atoms. The SMILES string of the molecule is CC1SCC(C(N)c2c(Br)nnn2C)SC1C. The Labute approximate surface area is 119 Å². The van der Waals surface area contributed by atoms with Crippen molar-refractivity contribution in [1.82, 2.24) is 15.0 Å². The number of aromatic nitrogens is 3. The Balaban J connectivity index is 2.13. The van der Waals surface area contributed by atoms with E-state index >= 15 is 0 Å². The Bertz CT molecular complexity index is 378. The van der Waals surface area contributed by atoms with E-state index in [4.69, 9.17) is 5.73 Å². The van der Waals surface area contributed by atoms with Crippen LogP contribution in [0.4, 0.5) is 0 Å². The second-order valence-corrected chi connectivity index (χ2v) is 8.12. The van der Waals surface area contributed by atoms with Crippen LogP contribution >= 0.6 is 39.5 Å². The van der Waals surface area contributed by atoms with E-state index in [1.54, 1.807) is 4.68 Å². The summed E-state index contributed by atoms with van der Waals surface area (Å²) >= 11 is 7.41. The molecule has 2 rings (SSSR count). The van der Waals surface area contributed by atoms with Gasteiger partial charge >= 0.3 is 0 Å². The maximum atomic E-state index is 6.36. The van der Waals surface area contributed by atoms with E-state index in [0.717, 1.165) is 16.0 Å². The minimum Gasteiger partial charge on any atom is -0.322 e. The zero-order valence-corrected chi connectivity index (χ0v) is 13.3. The fourth-order valence-corrected chi connectivity index (χ4v) is 5.48. The van der Waals surface area contributed by atoms with Gasteiger partial charge in [-0.3, -0.25) is 0 Å². The molecule has 0 radical (unpaired) electrons. The van der Waals surface area contributed by atoms with Crippen molar-refractivity contribution < 1.29 is 0 Å². The molecule has 1 aromatic heterocycles. The lowest BCUT2D eigenvalue weighted by Crippen LogP contribution is -2.35. The third-order valence-corrected chi connectivity index (χ3v) is 7.20. The summed E-state index contributed by atoms with van der Waals surface area (Å²) in [5, 5.41) is 9.77. The molecule has 1 aromatic rings. The fourth-order valence-electron chi connectivity index (χ4n) is 1.86. The molecule has 1 saturated heterocycles. The molecule has 0 saturated carbocycles. The van der Waals surface area contributed by atoms with Crippen molar-refractivity contribution in [3.05, 3.63) is 10.3 Å². The number of hydrogen-bond donors (Lipinski definition) is 1. The predicted octanol–water partition coefficient (Wildman–Crippen LogP) is 2.20. The number of hydrogen-bond acceptors (Lipinski definition) is 5. The van der Waals surface area contributed by atoms with Crippen LogP contribution in [0.5, 0.6) is 0 Å². The summed E-state index contributed by atoms with van der Waals surface area (Å²) < 4.78 is 2.53. The average Bonchev–Trinajstić information content (AvgIpc) is 2.62. The minimum absolute atomic E-state index is 0.0168. The van der Waals surface area contributed by atoms with Gasteiger partial charge in [0.1, 0.15) is 0 Å². The highest BCUT2D eigenvalue weighted by Gasteiger charge is 2.32. The monoisotopic (exact) mass is 336 g/mol. The highest BCUT2D eigenvalue weighted by atomic mass is 79.9. The smallest absolute Gasteiger partial charge is 0.153 e. The molecule has 4 unspecified atom stereocenters. The maximum absolute atomic E-state index is 6.36. The first kappa shape index (κ1) is 13.7. The van der Waals surface area contributed by atoms with Crippen molar-refractivity contribution >= 4 is 39.5 Å². The summed E-state index contributed by atoms with van der Waals surface area (Å²) in [4.78, 5) is 0. The zero-order valence-electron chi connectivity index (χ0n) is 10.1. The summed E-state index contributed by atoms with van der Waals surface area (Å²) in [6.45, 7) is 4.56. The lowest BCUT2D eigenvalue weighted by Gasteiger charge is -2.34. The van der Waals surface area contributed by atoms with Gasteiger partial charge in [0, 0.05) is 28.6 Å². The van der Waals surface area contributed by atoms with E-state index < -0.39 is 0 Å². The van der Waals surface area contributed by atoms with E-state index in [1.807, 2.05) is 30.6 Å². The summed E-state index contributed by atoms with van der Waals surface area (Å²) in [6, 6.07) is -0.0168. The van der Waals surface area contributed by atoms with Gasteiger partial charge in [0.05, 0.1) is 11.7 Å². The molecule has 7 heteroatoms. The molecule has 2 N–H and O–H groups in total. The van der Waals surface area contributed by atoms with E-state index in [-0.39, 0.29) is 6.04 Å². The van der Waals surface area contributed by atoms with Gasteiger partial charge in [0.15, 0.2) is 4.60 Å². The van der Waals surface area contributed by atoms with Gasteiger partial charge in [0.2, 0.25) is 0 Å². The first-order chi connectivity index (χ1) is 8.00. The molecule has 0 amide bonds. The molecule has 0 aromatic carbocycles. The Morgan fingerprint density at radius 2 is 2.18 bits per heavy atom. The minimum atomic E-state index is -0.0168. The van der Waals surface area contributed by atoms with Gasteiger partial charge < -0.3 is 5.73 Å². The summed E-state index contributed by atoms with van der Waals surface area (Å²) in [5.74, 6) is 1.09. The van der Waals surface area contributed by atoms with Gasteiger partial charge in [-0.25, -0.2) is 4.68 Å². The molecule has 96 valence electrons. The first-order valence-corrected chi connectivity index (χ1v) is 8.37. The number of rotatable bonds is 2. The lowest BCUT2D eigenvalue weighted by atomic mass is 10.2. The number of aryl methyl sites for hydroxylation is 1. The molecular formula is C10H17BrN4S2. The molecule has 2 heterocycles. The van der Waals surface area contributed by atoms with Gasteiger partial charge in [-0.15, -0.1) is 5.10 Å². The van der Waals surface area contributed by atoms with Crippen molar-refractivity contribution in [2.24, 2.45) is 12.8 Å². The predicted molar refractivity (Wildman–Crippen MR) is 78.4 cm³/mol. The Morgan fingerprint density at radius 3 is 2.71 bits per heavy atom. The van der Waals surface area contributed by atoms with Crippen molar-refractivity contribution in [1.29, 1.82) is 0 Å². The lowest BCUT2D eigenvalue weighted by molar-refractivity contribution is 0.603. The highest BCUT2D eigenvalue weighted by molar-refractivity contribution is 9.10. The Hall–Kier alpha value is 0.280. The van der Waals surface area contributed by atoms with Crippen LogP contribution in [0.15, 0.2) is 4.60 Å². The highest BCUT2D eigenvalue weighted by Crippen LogP contribution is 2.40. The molecule has 0 bridgehead atoms. The van der Waals surface area contributed by atoms with Crippen molar-refractivity contribution in [3.8, 4) is 0 Å². The van der Waals surface area contributed by atoms with Crippen molar-refractivity contribution in [3.63, 3.8) is 0 Å². The maximum Gasteiger partial charge on any atom is 0.153 e. The van der Waals surface area contributed by atoms with Gasteiger partial charge in [-0.05, 0) is 15.9 Å². The number of halogens is 1. The average molecular weight is 337 g/mol. The Kier molecular flexibility index (Phi) is 4.44. The van der Waals surface area contributed by atoms with E-state index in [1.165, 1.54) is 0 Å². The van der Waals surface area contributed by atoms with E-state index in [2.05, 4.69) is 40.1 Å². The molecular weight excluding hydrogens is 320 g/mol. The third kappa shape index (κ3) is 2.83. The van der Waals surface area contributed by atoms with Crippen LogP contribution in [-0.4, -0.2) is 36.5 Å². The zero-order chi connectivity index (χ0) is 12.6. The quantitative estimate of drug-likeness (QED) is 0.897. The van der Waals surface area contributed by atoms with Gasteiger partial charge in [-0.2, -0.15) is 23.5 Å². The van der Waals surface area contributed by atoms with Crippen LogP contribution in [0.3, 0.4) is 0 Å². The molecule has 17 heavy (non-hydrogen) atoms. The van der Waals surface area contributed by atoms with E-state index in [9.17, 15) is 0 Å². The second-order valence-electron chi connectivity index (χ2n) is 4.33. The summed E-state index contributed by atoms with van der Waals surface area (Å²) in [7, 11) is 1.89. The van der Waals surface area contributed by atoms with Crippen LogP contribution in [0.1, 0.15) is 25.6 Å². The van der Waals surface area contributed by atoms with Crippen LogP contribution in [0.2, 0.25) is 0 Å². The van der Waals surface area contributed by atoms with Gasteiger partial charge in [0.25, 0.3) is 0 Å². The Morgan fingerprint density at radius 1 is 1.47 bits per heavy atom. The largest absolute Gasteiger partial charge is 0.322 e. The molecule has 4 nitrogen and oxygen atoms in total. The summed E-state index contributed by atoms with van der Waals surface area (Å²) in [6.07, 6.45) is 0. The van der Waals surface area contributed by atoms with Gasteiger partial charge in [-0.1, -0.05) is 19.1 Å². The van der Waals surface area contributed by atoms with Crippen LogP contribution in [0, 0.1) is 0 Å². The first-order valence-electron chi connectivity index (χ1n) is 5.58. The van der Waals surface area contributed by atoms with Crippen LogP contribution in [-0.2, 0) is 7.05 Å². The van der Waals surface area contributed by atoms with Crippen LogP contribution < -0.4 is 5.73 Å². The molecule has 0 aliphatic carbocycles. The number of thioether (sulfide) groups is 2. The number of nitrogens with zero attached hydrogens (tertiary/aromatic N) is 3. The van der Waals surface area contributed by atoms with Crippen molar-refractivity contribution in [2.75, 3.05) is 5.75 Å². The molecule has 1 aliphatic heterocycles. The molecule has 4 atom stereocenters. The fraction of sp³-hybridized carbons (Fsp3) is 0.800. The topological polar surface area (TPSA) is 56.7 Å². The second kappa shape index (κ2) is 5.50.